The van der Waals surface area contributed by atoms with Crippen LogP contribution in [0.25, 0.3) is 5.00 Å². The number of nitrogens with zero attached hydrogens (tertiary/aromatic N) is 2. The van der Waals surface area contributed by atoms with Gasteiger partial charge in [0.15, 0.2) is 0 Å². The molecular weight excluding hydrogens is 497 g/mol. The number of thiophene rings is 1. The second-order valence-electron chi connectivity index (χ2n) is 9.16. The number of hydrogen-bond acceptors (Lipinski definition) is 3. The minimum atomic E-state index is -0.522. The minimum absolute atomic E-state index is 0.0314. The molecule has 5 nitrogen and oxygen atoms in total. The van der Waals surface area contributed by atoms with Crippen LogP contribution in [0.15, 0.2) is 60.8 Å². The summed E-state index contributed by atoms with van der Waals surface area (Å²) in [7, 11) is 1.64. The Balaban J connectivity index is 1.49. The molecule has 0 saturated heterocycles. The quantitative estimate of drug-likeness (QED) is 0.306. The molecule has 2 aromatic heterocycles. The van der Waals surface area contributed by atoms with Gasteiger partial charge in [0.05, 0.1) is 30.4 Å². The van der Waals surface area contributed by atoms with Crippen molar-refractivity contribution in [1.29, 1.82) is 0 Å². The van der Waals surface area contributed by atoms with E-state index in [-0.39, 0.29) is 17.1 Å². The number of nitrogens with one attached hydrogen (secondary N) is 1. The van der Waals surface area contributed by atoms with Crippen LogP contribution >= 0.6 is 22.9 Å². The molecule has 0 spiro atoms. The highest BCUT2D eigenvalue weighted by Crippen LogP contribution is 2.44. The number of carbonyl (C=O) groups is 1. The first-order valence-electron chi connectivity index (χ1n) is 12.0. The van der Waals surface area contributed by atoms with E-state index in [4.69, 9.17) is 16.3 Å². The van der Waals surface area contributed by atoms with E-state index >= 15 is 0 Å². The van der Waals surface area contributed by atoms with Crippen molar-refractivity contribution < 1.29 is 13.9 Å². The van der Waals surface area contributed by atoms with E-state index in [9.17, 15) is 9.18 Å². The number of halogens is 2. The van der Waals surface area contributed by atoms with Gasteiger partial charge in [0.25, 0.3) is 0 Å². The lowest BCUT2D eigenvalue weighted by atomic mass is 9.95. The van der Waals surface area contributed by atoms with Crippen LogP contribution in [0.3, 0.4) is 0 Å². The van der Waals surface area contributed by atoms with Gasteiger partial charge in [-0.2, -0.15) is 0 Å². The second kappa shape index (κ2) is 9.30. The van der Waals surface area contributed by atoms with E-state index in [2.05, 4.69) is 22.1 Å². The number of urea groups is 1. The third kappa shape index (κ3) is 3.96. The highest BCUT2D eigenvalue weighted by molar-refractivity contribution is 7.15. The number of carbonyl (C=O) groups excluding carboxylic acids is 1. The molecule has 8 heteroatoms. The van der Waals surface area contributed by atoms with Crippen LogP contribution in [0.4, 0.5) is 14.9 Å². The molecule has 0 bridgehead atoms. The molecule has 3 heterocycles. The van der Waals surface area contributed by atoms with E-state index in [1.807, 2.05) is 46.6 Å². The van der Waals surface area contributed by atoms with E-state index in [0.717, 1.165) is 36.3 Å². The van der Waals surface area contributed by atoms with E-state index in [0.29, 0.717) is 12.2 Å². The Hall–Kier alpha value is -3.29. The maximum absolute atomic E-state index is 13.9. The molecule has 1 aliphatic heterocycles. The minimum Gasteiger partial charge on any atom is -0.497 e. The zero-order chi connectivity index (χ0) is 24.8. The van der Waals surface area contributed by atoms with E-state index in [1.165, 1.54) is 45.6 Å². The van der Waals surface area contributed by atoms with Crippen LogP contribution in [0.5, 0.6) is 5.75 Å². The molecule has 184 valence electrons. The van der Waals surface area contributed by atoms with E-state index < -0.39 is 5.82 Å². The number of aryl methyl sites for hydroxylation is 1. The molecule has 1 aliphatic carbocycles. The van der Waals surface area contributed by atoms with Crippen molar-refractivity contribution in [3.05, 3.63) is 98.9 Å². The Bertz CT molecular complexity index is 1460. The van der Waals surface area contributed by atoms with Gasteiger partial charge in [0, 0.05) is 22.3 Å². The molecule has 2 aliphatic rings. The Morgan fingerprint density at radius 1 is 1.11 bits per heavy atom. The summed E-state index contributed by atoms with van der Waals surface area (Å²) >= 11 is 7.84. The molecule has 0 radical (unpaired) electrons. The molecule has 0 fully saturated rings. The highest BCUT2D eigenvalue weighted by atomic mass is 35.5. The lowest BCUT2D eigenvalue weighted by Crippen LogP contribution is -2.38. The van der Waals surface area contributed by atoms with Crippen LogP contribution in [-0.4, -0.2) is 22.6 Å². The first kappa shape index (κ1) is 23.1. The number of rotatable bonds is 3. The standard InChI is InChI=1S/C28H25ClFN3O2S/c1-35-19-7-4-6-17(14-19)26-24-9-5-13-32(24)27-21(20-8-2-3-10-25(20)36-27)16-33(26)28(34)31-18-11-12-23(30)22(29)15-18/h4-7,9,11-15,26H,2-3,8,10,16H2,1H3,(H,31,34)/t26-/m0/s1. The van der Waals surface area contributed by atoms with Gasteiger partial charge in [0.2, 0.25) is 0 Å². The first-order valence-corrected chi connectivity index (χ1v) is 13.2. The van der Waals surface area contributed by atoms with Gasteiger partial charge < -0.3 is 19.5 Å². The molecule has 0 unspecified atom stereocenters. The van der Waals surface area contributed by atoms with Gasteiger partial charge in [-0.05, 0) is 79.3 Å². The number of anilines is 1. The maximum Gasteiger partial charge on any atom is 0.322 e. The van der Waals surface area contributed by atoms with Gasteiger partial charge in [-0.25, -0.2) is 9.18 Å². The third-order valence-corrected chi connectivity index (χ3v) is 8.64. The van der Waals surface area contributed by atoms with Gasteiger partial charge in [0.1, 0.15) is 16.6 Å². The van der Waals surface area contributed by atoms with Crippen LogP contribution < -0.4 is 10.1 Å². The largest absolute Gasteiger partial charge is 0.497 e. The number of amides is 2. The number of hydrogen-bond donors (Lipinski definition) is 1. The molecule has 2 aromatic carbocycles. The number of benzene rings is 2. The van der Waals surface area contributed by atoms with Crippen molar-refractivity contribution in [1.82, 2.24) is 9.47 Å². The second-order valence-corrected chi connectivity index (χ2v) is 10.7. The van der Waals surface area contributed by atoms with Crippen LogP contribution in [0.2, 0.25) is 5.02 Å². The highest BCUT2D eigenvalue weighted by Gasteiger charge is 2.36. The Labute approximate surface area is 218 Å². The molecule has 0 saturated carbocycles. The third-order valence-electron chi connectivity index (χ3n) is 7.02. The zero-order valence-electron chi connectivity index (χ0n) is 19.8. The maximum atomic E-state index is 13.9. The number of ether oxygens (including phenoxy) is 1. The summed E-state index contributed by atoms with van der Waals surface area (Å²) < 4.78 is 21.5. The van der Waals surface area contributed by atoms with Gasteiger partial charge in [-0.1, -0.05) is 23.7 Å². The van der Waals surface area contributed by atoms with E-state index in [1.54, 1.807) is 7.11 Å². The van der Waals surface area contributed by atoms with Crippen molar-refractivity contribution in [2.75, 3.05) is 12.4 Å². The lowest BCUT2D eigenvalue weighted by Gasteiger charge is -2.31. The summed E-state index contributed by atoms with van der Waals surface area (Å²) in [6.07, 6.45) is 6.57. The molecule has 36 heavy (non-hydrogen) atoms. The van der Waals surface area contributed by atoms with Crippen molar-refractivity contribution >= 4 is 34.7 Å². The molecular formula is C28H25ClFN3O2S. The predicted octanol–water partition coefficient (Wildman–Crippen LogP) is 7.36. The van der Waals surface area contributed by atoms with Crippen LogP contribution in [0, 0.1) is 5.82 Å². The normalized spacial score (nSPS) is 16.5. The summed E-state index contributed by atoms with van der Waals surface area (Å²) in [4.78, 5) is 17.2. The molecule has 4 aromatic rings. The molecule has 1 N–H and O–H groups in total. The Morgan fingerprint density at radius 2 is 1.97 bits per heavy atom. The number of methoxy groups -OCH3 is 1. The van der Waals surface area contributed by atoms with Gasteiger partial charge in [-0.3, -0.25) is 0 Å². The predicted molar refractivity (Wildman–Crippen MR) is 141 cm³/mol. The zero-order valence-corrected chi connectivity index (χ0v) is 21.3. The Morgan fingerprint density at radius 3 is 2.81 bits per heavy atom. The SMILES string of the molecule is COc1cccc([C@H]2c3cccn3-c3sc4c(c3CN2C(=O)Nc2ccc(F)c(Cl)c2)CCCC4)c1. The summed E-state index contributed by atoms with van der Waals surface area (Å²) in [5.74, 6) is 0.207. The van der Waals surface area contributed by atoms with Crippen LogP contribution in [0.1, 0.15) is 46.1 Å². The fraction of sp³-hybridized carbons (Fsp3) is 0.250. The number of aromatic nitrogens is 1. The molecule has 6 rings (SSSR count). The van der Waals surface area contributed by atoms with Crippen molar-refractivity contribution in [2.24, 2.45) is 0 Å². The van der Waals surface area contributed by atoms with Gasteiger partial charge >= 0.3 is 6.03 Å². The smallest absolute Gasteiger partial charge is 0.322 e. The Kier molecular flexibility index (Phi) is 5.97. The lowest BCUT2D eigenvalue weighted by molar-refractivity contribution is 0.194. The monoisotopic (exact) mass is 521 g/mol. The van der Waals surface area contributed by atoms with Gasteiger partial charge in [-0.15, -0.1) is 11.3 Å². The van der Waals surface area contributed by atoms with Crippen LogP contribution in [-0.2, 0) is 19.4 Å². The molecule has 2 amide bonds. The summed E-state index contributed by atoms with van der Waals surface area (Å²) in [6.45, 7) is 0.464. The van der Waals surface area contributed by atoms with Crippen molar-refractivity contribution in [3.8, 4) is 10.8 Å². The molecule has 1 atom stereocenters. The van der Waals surface area contributed by atoms with Crippen molar-refractivity contribution in [3.63, 3.8) is 0 Å². The fourth-order valence-corrected chi connectivity index (χ4v) is 6.90. The topological polar surface area (TPSA) is 46.5 Å². The summed E-state index contributed by atoms with van der Waals surface area (Å²) in [5, 5.41) is 4.12. The fourth-order valence-electron chi connectivity index (χ4n) is 5.32. The van der Waals surface area contributed by atoms with Crippen molar-refractivity contribution in [2.45, 2.75) is 38.3 Å². The summed E-state index contributed by atoms with van der Waals surface area (Å²) in [5.41, 5.74) is 5.00. The average molecular weight is 522 g/mol. The summed E-state index contributed by atoms with van der Waals surface area (Å²) in [6, 6.07) is 15.5. The number of fused-ring (bicyclic) bond motifs is 5. The first-order chi connectivity index (χ1) is 17.5. The average Bonchev–Trinajstić information content (AvgIpc) is 3.48.